The van der Waals surface area contributed by atoms with E-state index in [0.29, 0.717) is 5.69 Å². The molecule has 0 atom stereocenters. The van der Waals surface area contributed by atoms with Gasteiger partial charge < -0.3 is 0 Å². The number of hydrogen-bond acceptors (Lipinski definition) is 4. The number of rotatable bonds is 3. The highest BCUT2D eigenvalue weighted by Gasteiger charge is 2.11. The Balaban J connectivity index is 2.72. The highest BCUT2D eigenvalue weighted by molar-refractivity contribution is 7.88. The summed E-state index contributed by atoms with van der Waals surface area (Å²) in [4.78, 5) is 7.80. The largest absolute Gasteiger partial charge is 0.261 e. The minimum Gasteiger partial charge on any atom is -0.261 e. The molecule has 0 fully saturated rings. The van der Waals surface area contributed by atoms with Crippen LogP contribution in [0.1, 0.15) is 5.69 Å². The lowest BCUT2D eigenvalue weighted by molar-refractivity contribution is 0.466. The molecule has 0 saturated carbocycles. The Kier molecular flexibility index (Phi) is 2.94. The zero-order valence-electron chi connectivity index (χ0n) is 7.51. The first-order valence-electron chi connectivity index (χ1n) is 3.66. The van der Waals surface area contributed by atoms with Gasteiger partial charge in [-0.1, -0.05) is 0 Å². The first kappa shape index (κ1) is 10.1. The molecule has 0 aliphatic heterocycles. The van der Waals surface area contributed by atoms with Gasteiger partial charge in [-0.2, -0.15) is 4.31 Å². The van der Waals surface area contributed by atoms with E-state index >= 15 is 0 Å². The maximum Gasteiger partial charge on any atom is 0.211 e. The van der Waals surface area contributed by atoms with Crippen LogP contribution < -0.4 is 0 Å². The van der Waals surface area contributed by atoms with Gasteiger partial charge in [0.05, 0.1) is 18.5 Å². The second kappa shape index (κ2) is 3.80. The normalized spacial score (nSPS) is 11.9. The zero-order valence-corrected chi connectivity index (χ0v) is 8.32. The van der Waals surface area contributed by atoms with Crippen molar-refractivity contribution in [1.82, 2.24) is 14.3 Å². The molecule has 1 aromatic heterocycles. The summed E-state index contributed by atoms with van der Waals surface area (Å²) in [7, 11) is -1.63. The Labute approximate surface area is 77.5 Å². The third-order valence-electron chi connectivity index (χ3n) is 1.57. The molecule has 0 spiro atoms. The molecule has 0 aliphatic carbocycles. The quantitative estimate of drug-likeness (QED) is 0.683. The fourth-order valence-corrected chi connectivity index (χ4v) is 1.12. The molecule has 1 aromatic rings. The molecular formula is C7H11N3O2S. The summed E-state index contributed by atoms with van der Waals surface area (Å²) >= 11 is 0. The Morgan fingerprint density at radius 1 is 1.46 bits per heavy atom. The van der Waals surface area contributed by atoms with Gasteiger partial charge >= 0.3 is 0 Å². The number of hydrogen-bond donors (Lipinski definition) is 0. The van der Waals surface area contributed by atoms with Gasteiger partial charge in [0, 0.05) is 25.6 Å². The summed E-state index contributed by atoms with van der Waals surface area (Å²) in [5.41, 5.74) is 0.635. The van der Waals surface area contributed by atoms with Gasteiger partial charge in [-0.25, -0.2) is 8.42 Å². The molecule has 0 radical (unpaired) electrons. The maximum atomic E-state index is 11.0. The van der Waals surface area contributed by atoms with Crippen LogP contribution in [0.4, 0.5) is 0 Å². The topological polar surface area (TPSA) is 63.2 Å². The van der Waals surface area contributed by atoms with Crippen LogP contribution in [0.15, 0.2) is 18.6 Å². The molecule has 0 N–H and O–H groups in total. The van der Waals surface area contributed by atoms with Gasteiger partial charge in [0.1, 0.15) is 0 Å². The smallest absolute Gasteiger partial charge is 0.211 e. The van der Waals surface area contributed by atoms with E-state index in [1.54, 1.807) is 12.4 Å². The first-order chi connectivity index (χ1) is 6.00. The van der Waals surface area contributed by atoms with Gasteiger partial charge in [0.25, 0.3) is 0 Å². The van der Waals surface area contributed by atoms with Crippen molar-refractivity contribution in [2.45, 2.75) is 6.54 Å². The van der Waals surface area contributed by atoms with E-state index in [1.807, 2.05) is 0 Å². The van der Waals surface area contributed by atoms with Gasteiger partial charge in [-0.15, -0.1) is 0 Å². The lowest BCUT2D eigenvalue weighted by Crippen LogP contribution is -2.25. The summed E-state index contributed by atoms with van der Waals surface area (Å²) in [5, 5.41) is 0. The van der Waals surface area contributed by atoms with E-state index in [4.69, 9.17) is 0 Å². The molecule has 13 heavy (non-hydrogen) atoms. The van der Waals surface area contributed by atoms with E-state index in [2.05, 4.69) is 9.97 Å². The predicted molar refractivity (Wildman–Crippen MR) is 48.3 cm³/mol. The van der Waals surface area contributed by atoms with Gasteiger partial charge in [0.15, 0.2) is 0 Å². The fraction of sp³-hybridized carbons (Fsp3) is 0.429. The molecular weight excluding hydrogens is 190 g/mol. The predicted octanol–water partition coefficient (Wildman–Crippen LogP) is -0.132. The van der Waals surface area contributed by atoms with Crippen LogP contribution in [0, 0.1) is 0 Å². The lowest BCUT2D eigenvalue weighted by Gasteiger charge is -2.12. The number of aromatic nitrogens is 2. The van der Waals surface area contributed by atoms with Crippen molar-refractivity contribution in [2.75, 3.05) is 13.3 Å². The maximum absolute atomic E-state index is 11.0. The van der Waals surface area contributed by atoms with Crippen molar-refractivity contribution in [3.8, 4) is 0 Å². The number of sulfonamides is 1. The van der Waals surface area contributed by atoms with Crippen LogP contribution in [0.5, 0.6) is 0 Å². The van der Waals surface area contributed by atoms with E-state index in [0.717, 1.165) is 6.26 Å². The zero-order chi connectivity index (χ0) is 9.90. The monoisotopic (exact) mass is 201 g/mol. The van der Waals surface area contributed by atoms with Crippen molar-refractivity contribution in [1.29, 1.82) is 0 Å². The lowest BCUT2D eigenvalue weighted by atomic mass is 10.4. The highest BCUT2D eigenvalue weighted by atomic mass is 32.2. The second-order valence-corrected chi connectivity index (χ2v) is 4.81. The molecule has 0 bridgehead atoms. The Morgan fingerprint density at radius 2 is 2.15 bits per heavy atom. The first-order valence-corrected chi connectivity index (χ1v) is 5.51. The summed E-state index contributed by atoms with van der Waals surface area (Å²) in [6, 6.07) is 0. The van der Waals surface area contributed by atoms with E-state index in [9.17, 15) is 8.42 Å². The Hall–Kier alpha value is -1.01. The third kappa shape index (κ3) is 3.08. The summed E-state index contributed by atoms with van der Waals surface area (Å²) < 4.78 is 23.2. The van der Waals surface area contributed by atoms with Crippen molar-refractivity contribution in [3.05, 3.63) is 24.3 Å². The molecule has 0 amide bonds. The van der Waals surface area contributed by atoms with Gasteiger partial charge in [0.2, 0.25) is 10.0 Å². The summed E-state index contributed by atoms with van der Waals surface area (Å²) in [5.74, 6) is 0. The van der Waals surface area contributed by atoms with Gasteiger partial charge in [-0.05, 0) is 0 Å². The number of nitrogens with zero attached hydrogens (tertiary/aromatic N) is 3. The molecule has 0 aromatic carbocycles. The molecule has 72 valence electrons. The van der Waals surface area contributed by atoms with E-state index < -0.39 is 10.0 Å². The van der Waals surface area contributed by atoms with Crippen LogP contribution >= 0.6 is 0 Å². The molecule has 0 aliphatic rings. The molecule has 0 saturated heterocycles. The van der Waals surface area contributed by atoms with Gasteiger partial charge in [-0.3, -0.25) is 9.97 Å². The van der Waals surface area contributed by atoms with E-state index in [-0.39, 0.29) is 6.54 Å². The SMILES string of the molecule is CN(Cc1cnccn1)S(C)(=O)=O. The molecule has 1 rings (SSSR count). The van der Waals surface area contributed by atoms with Crippen molar-refractivity contribution in [2.24, 2.45) is 0 Å². The molecule has 0 unspecified atom stereocenters. The van der Waals surface area contributed by atoms with Crippen molar-refractivity contribution in [3.63, 3.8) is 0 Å². The minimum absolute atomic E-state index is 0.257. The fourth-order valence-electron chi connectivity index (χ4n) is 0.757. The summed E-state index contributed by atoms with van der Waals surface area (Å²) in [6.45, 7) is 0.257. The Bertz CT molecular complexity index is 363. The van der Waals surface area contributed by atoms with Crippen molar-refractivity contribution < 1.29 is 8.42 Å². The van der Waals surface area contributed by atoms with Crippen LogP contribution in [-0.2, 0) is 16.6 Å². The van der Waals surface area contributed by atoms with Crippen LogP contribution in [0.3, 0.4) is 0 Å². The summed E-state index contributed by atoms with van der Waals surface area (Å²) in [6.07, 6.45) is 5.78. The average Bonchev–Trinajstić information content (AvgIpc) is 2.04. The molecule has 5 nitrogen and oxygen atoms in total. The molecule has 1 heterocycles. The second-order valence-electron chi connectivity index (χ2n) is 2.72. The third-order valence-corrected chi connectivity index (χ3v) is 2.83. The Morgan fingerprint density at radius 3 is 2.62 bits per heavy atom. The van der Waals surface area contributed by atoms with Crippen molar-refractivity contribution >= 4 is 10.0 Å². The van der Waals surface area contributed by atoms with Crippen LogP contribution in [-0.4, -0.2) is 36.0 Å². The van der Waals surface area contributed by atoms with Crippen LogP contribution in [0.2, 0.25) is 0 Å². The van der Waals surface area contributed by atoms with Crippen LogP contribution in [0.25, 0.3) is 0 Å². The highest BCUT2D eigenvalue weighted by Crippen LogP contribution is 2.00. The minimum atomic E-state index is -3.14. The molecule has 6 heteroatoms. The van der Waals surface area contributed by atoms with E-state index in [1.165, 1.54) is 17.5 Å². The average molecular weight is 201 g/mol. The standard InChI is InChI=1S/C7H11N3O2S/c1-10(13(2,11)12)6-7-5-8-3-4-9-7/h3-5H,6H2,1-2H3.